The zero-order valence-corrected chi connectivity index (χ0v) is 10.0. The molecule has 3 aromatic rings. The maximum Gasteiger partial charge on any atom is 0.341 e. The summed E-state index contributed by atoms with van der Waals surface area (Å²) in [5.74, 6) is -0.135. The Balaban J connectivity index is 2.15. The van der Waals surface area contributed by atoms with Crippen molar-refractivity contribution in [2.45, 2.75) is 0 Å². The summed E-state index contributed by atoms with van der Waals surface area (Å²) in [4.78, 5) is 14.1. The molecule has 2 N–H and O–H groups in total. The molecule has 2 heterocycles. The summed E-state index contributed by atoms with van der Waals surface area (Å²) in [7, 11) is 1.59. The van der Waals surface area contributed by atoms with Crippen molar-refractivity contribution >= 4 is 16.9 Å². The molecule has 0 aliphatic rings. The molecule has 1 aromatic carbocycles. The molecule has 0 atom stereocenters. The molecule has 6 heteroatoms. The third-order valence-corrected chi connectivity index (χ3v) is 2.87. The minimum atomic E-state index is -1.08. The number of nitrogens with one attached hydrogen (secondary N) is 1. The lowest BCUT2D eigenvalue weighted by Crippen LogP contribution is -1.95. The molecular weight excluding hydrogens is 248 g/mol. The molecule has 0 fully saturated rings. The van der Waals surface area contributed by atoms with Crippen molar-refractivity contribution in [2.24, 2.45) is 0 Å². The molecule has 0 aliphatic carbocycles. The Bertz CT molecular complexity index is 757. The molecule has 3 rings (SSSR count). The molecule has 6 nitrogen and oxygen atoms in total. The van der Waals surface area contributed by atoms with Gasteiger partial charge in [0, 0.05) is 10.9 Å². The number of hydrogen-bond acceptors (Lipinski definition) is 4. The van der Waals surface area contributed by atoms with Crippen molar-refractivity contribution in [1.82, 2.24) is 10.1 Å². The van der Waals surface area contributed by atoms with Crippen LogP contribution >= 0.6 is 0 Å². The van der Waals surface area contributed by atoms with Crippen molar-refractivity contribution in [1.29, 1.82) is 0 Å². The van der Waals surface area contributed by atoms with E-state index in [1.807, 2.05) is 18.2 Å². The molecule has 19 heavy (non-hydrogen) atoms. The van der Waals surface area contributed by atoms with Gasteiger partial charge in [0.15, 0.2) is 5.76 Å². The van der Waals surface area contributed by atoms with Gasteiger partial charge in [-0.2, -0.15) is 0 Å². The second kappa shape index (κ2) is 4.16. The van der Waals surface area contributed by atoms with Crippen molar-refractivity contribution in [3.63, 3.8) is 0 Å². The Morgan fingerprint density at radius 2 is 2.26 bits per heavy atom. The molecule has 0 unspecified atom stereocenters. The van der Waals surface area contributed by atoms with Crippen LogP contribution in [0.4, 0.5) is 0 Å². The van der Waals surface area contributed by atoms with Gasteiger partial charge in [-0.1, -0.05) is 5.16 Å². The molecule has 0 aliphatic heterocycles. The van der Waals surface area contributed by atoms with Gasteiger partial charge >= 0.3 is 5.97 Å². The van der Waals surface area contributed by atoms with Gasteiger partial charge in [0.1, 0.15) is 11.3 Å². The number of aromatic nitrogens is 2. The molecule has 0 amide bonds. The third-order valence-electron chi connectivity index (χ3n) is 2.87. The first-order valence-electron chi connectivity index (χ1n) is 5.54. The van der Waals surface area contributed by atoms with Gasteiger partial charge < -0.3 is 19.4 Å². The van der Waals surface area contributed by atoms with E-state index in [0.717, 1.165) is 16.7 Å². The lowest BCUT2D eigenvalue weighted by atomic mass is 10.2. The quantitative estimate of drug-likeness (QED) is 0.753. The fraction of sp³-hybridized carbons (Fsp3) is 0.0769. The van der Waals surface area contributed by atoms with Crippen LogP contribution in [-0.4, -0.2) is 28.3 Å². The van der Waals surface area contributed by atoms with Gasteiger partial charge in [-0.15, -0.1) is 0 Å². The number of hydrogen-bond donors (Lipinski definition) is 2. The second-order valence-electron chi connectivity index (χ2n) is 4.01. The highest BCUT2D eigenvalue weighted by atomic mass is 16.5. The number of H-pyrrole nitrogens is 1. The molecule has 0 saturated heterocycles. The molecule has 0 radical (unpaired) electrons. The second-order valence-corrected chi connectivity index (χ2v) is 4.01. The number of carboxylic acid groups (broad SMARTS) is 1. The topological polar surface area (TPSA) is 88.4 Å². The number of nitrogens with zero attached hydrogens (tertiary/aromatic N) is 1. The Labute approximate surface area is 107 Å². The maximum absolute atomic E-state index is 11.0. The van der Waals surface area contributed by atoms with Gasteiger partial charge in [-0.05, 0) is 24.3 Å². The molecule has 0 bridgehead atoms. The molecule has 2 aromatic heterocycles. The van der Waals surface area contributed by atoms with E-state index in [9.17, 15) is 4.79 Å². The van der Waals surface area contributed by atoms with E-state index in [-0.39, 0.29) is 11.3 Å². The number of carbonyl (C=O) groups is 1. The Morgan fingerprint density at radius 1 is 1.42 bits per heavy atom. The minimum absolute atomic E-state index is 0.0264. The van der Waals surface area contributed by atoms with E-state index in [1.54, 1.807) is 13.2 Å². The average Bonchev–Trinajstić information content (AvgIpc) is 3.03. The third kappa shape index (κ3) is 1.83. The standard InChI is InChI=1S/C13H10N2O4/c1-18-8-2-3-10-7(4-8)5-11(15-10)12-9(13(16)17)6-14-19-12/h2-6,15H,1H3,(H,16,17). The first-order valence-corrected chi connectivity index (χ1v) is 5.54. The van der Waals surface area contributed by atoms with Crippen LogP contribution in [0.5, 0.6) is 5.75 Å². The normalized spacial score (nSPS) is 10.8. The van der Waals surface area contributed by atoms with E-state index in [4.69, 9.17) is 14.4 Å². The average molecular weight is 258 g/mol. The van der Waals surface area contributed by atoms with Crippen LogP contribution in [0, 0.1) is 0 Å². The van der Waals surface area contributed by atoms with Gasteiger partial charge in [-0.3, -0.25) is 0 Å². The number of fused-ring (bicyclic) bond motifs is 1. The van der Waals surface area contributed by atoms with Crippen molar-refractivity contribution in [3.8, 4) is 17.2 Å². The zero-order chi connectivity index (χ0) is 13.4. The SMILES string of the molecule is COc1ccc2[nH]c(-c3oncc3C(=O)O)cc2c1. The minimum Gasteiger partial charge on any atom is -0.497 e. The highest BCUT2D eigenvalue weighted by Gasteiger charge is 2.18. The number of carboxylic acids is 1. The maximum atomic E-state index is 11.0. The molecule has 96 valence electrons. The van der Waals surface area contributed by atoms with Crippen LogP contribution in [0.25, 0.3) is 22.4 Å². The summed E-state index contributed by atoms with van der Waals surface area (Å²) in [5, 5.41) is 13.5. The monoisotopic (exact) mass is 258 g/mol. The molecule has 0 saturated carbocycles. The lowest BCUT2D eigenvalue weighted by molar-refractivity contribution is 0.0697. The Morgan fingerprint density at radius 3 is 3.00 bits per heavy atom. The van der Waals surface area contributed by atoms with Crippen molar-refractivity contribution in [3.05, 3.63) is 36.0 Å². The summed E-state index contributed by atoms with van der Waals surface area (Å²) < 4.78 is 10.1. The van der Waals surface area contributed by atoms with Gasteiger partial charge in [0.2, 0.25) is 0 Å². The van der Waals surface area contributed by atoms with E-state index >= 15 is 0 Å². The van der Waals surface area contributed by atoms with Crippen LogP contribution in [0.3, 0.4) is 0 Å². The fourth-order valence-corrected chi connectivity index (χ4v) is 1.95. The summed E-state index contributed by atoms with van der Waals surface area (Å²) in [6.45, 7) is 0. The summed E-state index contributed by atoms with van der Waals surface area (Å²) >= 11 is 0. The fourth-order valence-electron chi connectivity index (χ4n) is 1.95. The van der Waals surface area contributed by atoms with E-state index in [0.29, 0.717) is 5.69 Å². The number of benzene rings is 1. The first kappa shape index (κ1) is 11.3. The smallest absolute Gasteiger partial charge is 0.341 e. The highest BCUT2D eigenvalue weighted by molar-refractivity contribution is 5.95. The van der Waals surface area contributed by atoms with E-state index in [2.05, 4.69) is 10.1 Å². The van der Waals surface area contributed by atoms with Crippen LogP contribution in [-0.2, 0) is 0 Å². The Kier molecular flexibility index (Phi) is 2.49. The summed E-state index contributed by atoms with van der Waals surface area (Å²) in [6.07, 6.45) is 1.18. The Hall–Kier alpha value is -2.76. The highest BCUT2D eigenvalue weighted by Crippen LogP contribution is 2.28. The number of rotatable bonds is 3. The number of aromatic carboxylic acids is 1. The van der Waals surface area contributed by atoms with Crippen molar-refractivity contribution < 1.29 is 19.2 Å². The van der Waals surface area contributed by atoms with Crippen LogP contribution in [0.1, 0.15) is 10.4 Å². The number of ether oxygens (including phenoxy) is 1. The summed E-state index contributed by atoms with van der Waals surface area (Å²) in [5.41, 5.74) is 1.46. The zero-order valence-electron chi connectivity index (χ0n) is 10.0. The summed E-state index contributed by atoms with van der Waals surface area (Å²) in [6, 6.07) is 7.33. The van der Waals surface area contributed by atoms with Gasteiger partial charge in [0.05, 0.1) is 19.0 Å². The largest absolute Gasteiger partial charge is 0.497 e. The van der Waals surface area contributed by atoms with Crippen LogP contribution < -0.4 is 4.74 Å². The van der Waals surface area contributed by atoms with E-state index in [1.165, 1.54) is 6.20 Å². The van der Waals surface area contributed by atoms with Crippen LogP contribution in [0.15, 0.2) is 35.0 Å². The van der Waals surface area contributed by atoms with E-state index < -0.39 is 5.97 Å². The van der Waals surface area contributed by atoms with Crippen LogP contribution in [0.2, 0.25) is 0 Å². The predicted molar refractivity (Wildman–Crippen MR) is 67.3 cm³/mol. The lowest BCUT2D eigenvalue weighted by Gasteiger charge is -1.97. The molecular formula is C13H10N2O4. The van der Waals surface area contributed by atoms with Gasteiger partial charge in [-0.25, -0.2) is 4.79 Å². The van der Waals surface area contributed by atoms with Gasteiger partial charge in [0.25, 0.3) is 0 Å². The molecule has 0 spiro atoms. The van der Waals surface area contributed by atoms with Crippen molar-refractivity contribution in [2.75, 3.05) is 7.11 Å². The number of methoxy groups -OCH3 is 1. The number of aromatic amines is 1. The predicted octanol–water partition coefficient (Wildman–Crippen LogP) is 2.53. The first-order chi connectivity index (χ1) is 9.19.